The molecule has 1 fully saturated rings. The molecular weight excluding hydrogens is 210 g/mol. The minimum absolute atomic E-state index is 0.261. The molecule has 0 saturated carbocycles. The van der Waals surface area contributed by atoms with Crippen molar-refractivity contribution in [2.24, 2.45) is 5.92 Å². The molecule has 0 aliphatic carbocycles. The van der Waals surface area contributed by atoms with Gasteiger partial charge in [0.2, 0.25) is 0 Å². The number of hydrogen-bond donors (Lipinski definition) is 0. The number of rotatable bonds is 2. The predicted molar refractivity (Wildman–Crippen MR) is 71.9 cm³/mol. The van der Waals surface area contributed by atoms with E-state index in [4.69, 9.17) is 0 Å². The number of carbonyl (C=O) groups is 1. The van der Waals surface area contributed by atoms with Gasteiger partial charge >= 0.3 is 0 Å². The van der Waals surface area contributed by atoms with E-state index in [1.165, 1.54) is 5.56 Å². The van der Waals surface area contributed by atoms with Crippen LogP contribution in [0.1, 0.15) is 32.8 Å². The number of hydrogen-bond acceptors (Lipinski definition) is 2. The molecule has 2 nitrogen and oxygen atoms in total. The van der Waals surface area contributed by atoms with Crippen molar-refractivity contribution in [3.63, 3.8) is 0 Å². The predicted octanol–water partition coefficient (Wildman–Crippen LogP) is 3.12. The van der Waals surface area contributed by atoms with Crippen LogP contribution in [0, 0.1) is 5.92 Å². The average Bonchev–Trinajstić information content (AvgIpc) is 2.38. The van der Waals surface area contributed by atoms with E-state index in [1.54, 1.807) is 0 Å². The van der Waals surface area contributed by atoms with Crippen molar-refractivity contribution in [3.8, 4) is 0 Å². The van der Waals surface area contributed by atoms with Gasteiger partial charge < -0.3 is 0 Å². The van der Waals surface area contributed by atoms with Crippen molar-refractivity contribution in [3.05, 3.63) is 35.9 Å². The van der Waals surface area contributed by atoms with Gasteiger partial charge in [-0.1, -0.05) is 51.1 Å². The van der Waals surface area contributed by atoms with Gasteiger partial charge in [0.15, 0.2) is 0 Å². The monoisotopic (exact) mass is 233 g/mol. The quantitative estimate of drug-likeness (QED) is 0.782. The van der Waals surface area contributed by atoms with E-state index >= 15 is 0 Å². The van der Waals surface area contributed by atoms with Gasteiger partial charge in [-0.3, -0.25) is 9.69 Å². The Morgan fingerprint density at radius 3 is 2.47 bits per heavy atom. The second-order valence-electron chi connectivity index (χ2n) is 4.35. The molecule has 0 spiro atoms. The van der Waals surface area contributed by atoms with Crippen LogP contribution in [0.3, 0.4) is 0 Å². The Kier molecular flexibility index (Phi) is 5.92. The molecule has 17 heavy (non-hydrogen) atoms. The first-order chi connectivity index (χ1) is 8.25. The lowest BCUT2D eigenvalue weighted by Gasteiger charge is -2.29. The third-order valence-electron chi connectivity index (χ3n) is 3.06. The van der Waals surface area contributed by atoms with Crippen LogP contribution >= 0.6 is 0 Å². The summed E-state index contributed by atoms with van der Waals surface area (Å²) in [6.07, 6.45) is 1.01. The van der Waals surface area contributed by atoms with Crippen molar-refractivity contribution in [1.82, 2.24) is 4.90 Å². The van der Waals surface area contributed by atoms with Gasteiger partial charge in [0.25, 0.3) is 0 Å². The SMILES string of the molecule is CC.CC1CCN(Cc2ccccc2)CC1=O. The van der Waals surface area contributed by atoms with E-state index in [0.717, 1.165) is 19.5 Å². The molecule has 1 aliphatic heterocycles. The number of piperidine rings is 1. The standard InChI is InChI=1S/C13H17NO.C2H6/c1-11-7-8-14(10-13(11)15)9-12-5-3-2-4-6-12;1-2/h2-6,11H,7-10H2,1H3;1-2H3. The largest absolute Gasteiger partial charge is 0.298 e. The highest BCUT2D eigenvalue weighted by Gasteiger charge is 2.22. The van der Waals surface area contributed by atoms with Crippen LogP contribution in [0.25, 0.3) is 0 Å². The second-order valence-corrected chi connectivity index (χ2v) is 4.35. The van der Waals surface area contributed by atoms with Gasteiger partial charge in [-0.15, -0.1) is 0 Å². The van der Waals surface area contributed by atoms with Crippen LogP contribution in [0.15, 0.2) is 30.3 Å². The smallest absolute Gasteiger partial charge is 0.149 e. The van der Waals surface area contributed by atoms with E-state index in [1.807, 2.05) is 39.0 Å². The molecule has 1 unspecified atom stereocenters. The summed E-state index contributed by atoms with van der Waals surface area (Å²) in [6, 6.07) is 10.3. The summed E-state index contributed by atoms with van der Waals surface area (Å²) in [5, 5.41) is 0. The Bertz CT molecular complexity index is 334. The Morgan fingerprint density at radius 1 is 1.24 bits per heavy atom. The fourth-order valence-corrected chi connectivity index (χ4v) is 1.97. The third kappa shape index (κ3) is 4.31. The summed E-state index contributed by atoms with van der Waals surface area (Å²) < 4.78 is 0. The number of carbonyl (C=O) groups excluding carboxylic acids is 1. The third-order valence-corrected chi connectivity index (χ3v) is 3.06. The van der Waals surface area contributed by atoms with Crippen LogP contribution in [-0.4, -0.2) is 23.8 Å². The van der Waals surface area contributed by atoms with Crippen LogP contribution in [0.5, 0.6) is 0 Å². The van der Waals surface area contributed by atoms with Crippen molar-refractivity contribution in [1.29, 1.82) is 0 Å². The highest BCUT2D eigenvalue weighted by molar-refractivity contribution is 5.83. The molecule has 1 saturated heterocycles. The number of benzene rings is 1. The summed E-state index contributed by atoms with van der Waals surface area (Å²) in [5.41, 5.74) is 1.29. The molecule has 1 heterocycles. The summed E-state index contributed by atoms with van der Waals surface area (Å²) in [5.74, 6) is 0.647. The lowest BCUT2D eigenvalue weighted by atomic mass is 9.97. The molecule has 0 N–H and O–H groups in total. The molecule has 1 aromatic rings. The first-order valence-electron chi connectivity index (χ1n) is 6.54. The molecule has 1 aliphatic rings. The van der Waals surface area contributed by atoms with Gasteiger partial charge in [-0.2, -0.15) is 0 Å². The summed E-state index contributed by atoms with van der Waals surface area (Å²) in [7, 11) is 0. The van der Waals surface area contributed by atoms with Crippen molar-refractivity contribution in [2.75, 3.05) is 13.1 Å². The Hall–Kier alpha value is -1.15. The molecule has 0 aromatic heterocycles. The second kappa shape index (κ2) is 7.23. The molecular formula is C15H23NO. The van der Waals surface area contributed by atoms with E-state index < -0.39 is 0 Å². The molecule has 0 radical (unpaired) electrons. The molecule has 1 aromatic carbocycles. The minimum atomic E-state index is 0.261. The Labute approximate surface area is 105 Å². The molecule has 94 valence electrons. The number of likely N-dealkylation sites (tertiary alicyclic amines) is 1. The zero-order valence-electron chi connectivity index (χ0n) is 11.1. The van der Waals surface area contributed by atoms with E-state index in [0.29, 0.717) is 12.3 Å². The average molecular weight is 233 g/mol. The topological polar surface area (TPSA) is 20.3 Å². The van der Waals surface area contributed by atoms with Crippen LogP contribution in [0.2, 0.25) is 0 Å². The Morgan fingerprint density at radius 2 is 1.88 bits per heavy atom. The highest BCUT2D eigenvalue weighted by Crippen LogP contribution is 2.15. The van der Waals surface area contributed by atoms with Gasteiger partial charge in [-0.05, 0) is 18.5 Å². The molecule has 2 heteroatoms. The van der Waals surface area contributed by atoms with Crippen molar-refractivity contribution in [2.45, 2.75) is 33.7 Å². The van der Waals surface area contributed by atoms with Gasteiger partial charge in [0, 0.05) is 12.5 Å². The number of ketones is 1. The van der Waals surface area contributed by atoms with Crippen LogP contribution in [-0.2, 0) is 11.3 Å². The van der Waals surface area contributed by atoms with Crippen LogP contribution in [0.4, 0.5) is 0 Å². The van der Waals surface area contributed by atoms with E-state index in [2.05, 4.69) is 17.0 Å². The zero-order chi connectivity index (χ0) is 12.7. The van der Waals surface area contributed by atoms with E-state index in [9.17, 15) is 4.79 Å². The summed E-state index contributed by atoms with van der Waals surface area (Å²) in [6.45, 7) is 8.60. The summed E-state index contributed by atoms with van der Waals surface area (Å²) >= 11 is 0. The maximum Gasteiger partial charge on any atom is 0.149 e. The first-order valence-corrected chi connectivity index (χ1v) is 6.54. The fraction of sp³-hybridized carbons (Fsp3) is 0.533. The van der Waals surface area contributed by atoms with Gasteiger partial charge in [-0.25, -0.2) is 0 Å². The molecule has 0 amide bonds. The van der Waals surface area contributed by atoms with Crippen molar-refractivity contribution >= 4 is 5.78 Å². The van der Waals surface area contributed by atoms with Gasteiger partial charge in [0.1, 0.15) is 5.78 Å². The highest BCUT2D eigenvalue weighted by atomic mass is 16.1. The normalized spacial score (nSPS) is 20.6. The van der Waals surface area contributed by atoms with Crippen molar-refractivity contribution < 1.29 is 4.79 Å². The van der Waals surface area contributed by atoms with Crippen LogP contribution < -0.4 is 0 Å². The zero-order valence-corrected chi connectivity index (χ0v) is 11.1. The Balaban J connectivity index is 0.000000686. The van der Waals surface area contributed by atoms with E-state index in [-0.39, 0.29) is 5.92 Å². The number of Topliss-reactive ketones (excluding diaryl/α,β-unsaturated/α-hetero) is 1. The lowest BCUT2D eigenvalue weighted by Crippen LogP contribution is -2.39. The maximum absolute atomic E-state index is 11.6. The number of nitrogens with zero attached hydrogens (tertiary/aromatic N) is 1. The first kappa shape index (κ1) is 13.9. The maximum atomic E-state index is 11.6. The lowest BCUT2D eigenvalue weighted by molar-refractivity contribution is -0.126. The molecule has 0 bridgehead atoms. The molecule has 1 atom stereocenters. The summed E-state index contributed by atoms with van der Waals surface area (Å²) in [4.78, 5) is 13.8. The minimum Gasteiger partial charge on any atom is -0.298 e. The fourth-order valence-electron chi connectivity index (χ4n) is 1.97. The molecule has 2 rings (SSSR count). The van der Waals surface area contributed by atoms with Gasteiger partial charge in [0.05, 0.1) is 6.54 Å².